The van der Waals surface area contributed by atoms with Gasteiger partial charge in [-0.25, -0.2) is 4.99 Å². The van der Waals surface area contributed by atoms with Crippen LogP contribution in [0.15, 0.2) is 40.7 Å². The van der Waals surface area contributed by atoms with Crippen molar-refractivity contribution in [3.05, 3.63) is 51.2 Å². The van der Waals surface area contributed by atoms with Gasteiger partial charge in [0.25, 0.3) is 0 Å². The third-order valence-corrected chi connectivity index (χ3v) is 5.35. The topological polar surface area (TPSA) is 66.0 Å². The monoisotopic (exact) mass is 550 g/mol. The molecule has 1 heterocycles. The number of amides is 1. The summed E-state index contributed by atoms with van der Waals surface area (Å²) in [6.07, 6.45) is 1.64. The highest BCUT2D eigenvalue weighted by molar-refractivity contribution is 14.0. The third-order valence-electron chi connectivity index (χ3n) is 4.06. The van der Waals surface area contributed by atoms with E-state index < -0.39 is 0 Å². The fourth-order valence-corrected chi connectivity index (χ4v) is 3.37. The minimum atomic E-state index is -0.0439. The Morgan fingerprint density at radius 2 is 1.93 bits per heavy atom. The van der Waals surface area contributed by atoms with E-state index >= 15 is 0 Å². The maximum Gasteiger partial charge on any atom is 0.243 e. The number of carbonyl (C=O) groups excluding carboxylic acids is 1. The number of methoxy groups -OCH3 is 1. The van der Waals surface area contributed by atoms with Gasteiger partial charge in [0, 0.05) is 37.1 Å². The number of thiophene rings is 1. The molecule has 1 aromatic heterocycles. The molecule has 160 valence electrons. The van der Waals surface area contributed by atoms with Crippen molar-refractivity contribution in [1.29, 1.82) is 0 Å². The zero-order chi connectivity index (χ0) is 20.4. The van der Waals surface area contributed by atoms with E-state index in [-0.39, 0.29) is 36.4 Å². The highest BCUT2D eigenvalue weighted by Gasteiger charge is 2.06. The van der Waals surface area contributed by atoms with Crippen molar-refractivity contribution < 1.29 is 9.53 Å². The molecule has 0 fully saturated rings. The van der Waals surface area contributed by atoms with Crippen LogP contribution in [0.3, 0.4) is 0 Å². The Hall–Kier alpha value is -1.52. The predicted octanol–water partition coefficient (Wildman–Crippen LogP) is 3.44. The molecular weight excluding hydrogens is 523 g/mol. The minimum absolute atomic E-state index is 0. The number of halogens is 2. The van der Waals surface area contributed by atoms with Gasteiger partial charge in [0.05, 0.1) is 7.11 Å². The van der Waals surface area contributed by atoms with Gasteiger partial charge in [-0.05, 0) is 42.0 Å². The summed E-state index contributed by atoms with van der Waals surface area (Å²) in [6, 6.07) is 9.81. The molecule has 0 radical (unpaired) electrons. The molecule has 0 aliphatic rings. The smallest absolute Gasteiger partial charge is 0.243 e. The maximum absolute atomic E-state index is 11.8. The second-order valence-corrected chi connectivity index (χ2v) is 7.78. The van der Waals surface area contributed by atoms with Gasteiger partial charge in [0.1, 0.15) is 12.3 Å². The molecule has 0 atom stereocenters. The average Bonchev–Trinajstić information content (AvgIpc) is 3.19. The molecule has 2 aromatic rings. The van der Waals surface area contributed by atoms with Crippen LogP contribution >= 0.6 is 46.9 Å². The Kier molecular flexibility index (Phi) is 12.0. The molecule has 0 aliphatic heterocycles. The fraction of sp³-hybridized carbons (Fsp3) is 0.400. The van der Waals surface area contributed by atoms with E-state index in [4.69, 9.17) is 16.3 Å². The van der Waals surface area contributed by atoms with Crippen LogP contribution in [0.5, 0.6) is 5.75 Å². The van der Waals surface area contributed by atoms with E-state index in [1.54, 1.807) is 38.6 Å². The average molecular weight is 551 g/mol. The van der Waals surface area contributed by atoms with Crippen LogP contribution in [-0.2, 0) is 17.6 Å². The van der Waals surface area contributed by atoms with E-state index in [9.17, 15) is 4.79 Å². The zero-order valence-corrected chi connectivity index (χ0v) is 20.8. The number of guanidine groups is 1. The van der Waals surface area contributed by atoms with E-state index in [1.165, 1.54) is 9.78 Å². The molecule has 0 aliphatic carbocycles. The van der Waals surface area contributed by atoms with Crippen LogP contribution in [0.1, 0.15) is 10.4 Å². The number of nitrogens with one attached hydrogen (secondary N) is 2. The third kappa shape index (κ3) is 9.22. The van der Waals surface area contributed by atoms with Crippen molar-refractivity contribution in [2.45, 2.75) is 12.8 Å². The first-order valence-corrected chi connectivity index (χ1v) is 10.3. The van der Waals surface area contributed by atoms with Gasteiger partial charge in [-0.1, -0.05) is 23.7 Å². The van der Waals surface area contributed by atoms with Gasteiger partial charge in [-0.3, -0.25) is 4.79 Å². The SMILES string of the molecule is COc1ccc(CCNC(=NCC(=O)N(C)C)NCCc2cccs2)c(Cl)c1.I. The number of benzene rings is 1. The molecule has 0 bridgehead atoms. The van der Waals surface area contributed by atoms with Crippen molar-refractivity contribution in [2.75, 3.05) is 40.8 Å². The Morgan fingerprint density at radius 1 is 1.21 bits per heavy atom. The van der Waals surface area contributed by atoms with Gasteiger partial charge >= 0.3 is 0 Å². The van der Waals surface area contributed by atoms with Gasteiger partial charge in [0.2, 0.25) is 5.91 Å². The first-order chi connectivity index (χ1) is 13.5. The van der Waals surface area contributed by atoms with Crippen LogP contribution in [-0.4, -0.2) is 57.6 Å². The van der Waals surface area contributed by atoms with Crippen LogP contribution in [0, 0.1) is 0 Å². The molecule has 2 N–H and O–H groups in total. The lowest BCUT2D eigenvalue weighted by molar-refractivity contribution is -0.127. The lowest BCUT2D eigenvalue weighted by Crippen LogP contribution is -2.40. The molecule has 6 nitrogen and oxygen atoms in total. The Bertz CT molecular complexity index is 785. The van der Waals surface area contributed by atoms with Crippen molar-refractivity contribution >= 4 is 58.8 Å². The summed E-state index contributed by atoms with van der Waals surface area (Å²) >= 11 is 8.03. The molecular formula is C20H28ClIN4O2S. The number of likely N-dealkylation sites (N-methyl/N-ethyl adjacent to an activating group) is 1. The number of nitrogens with zero attached hydrogens (tertiary/aromatic N) is 2. The number of hydrogen-bond acceptors (Lipinski definition) is 4. The van der Waals surface area contributed by atoms with Crippen molar-refractivity contribution in [2.24, 2.45) is 4.99 Å². The lowest BCUT2D eigenvalue weighted by atomic mass is 10.1. The van der Waals surface area contributed by atoms with Gasteiger partial charge < -0.3 is 20.3 Å². The lowest BCUT2D eigenvalue weighted by Gasteiger charge is -2.14. The predicted molar refractivity (Wildman–Crippen MR) is 132 cm³/mol. The number of aliphatic imine (C=N–C) groups is 1. The van der Waals surface area contributed by atoms with E-state index in [0.717, 1.165) is 30.7 Å². The van der Waals surface area contributed by atoms with Gasteiger partial charge in [-0.15, -0.1) is 35.3 Å². The first kappa shape index (κ1) is 25.5. The van der Waals surface area contributed by atoms with Crippen LogP contribution < -0.4 is 15.4 Å². The minimum Gasteiger partial charge on any atom is -0.497 e. The van der Waals surface area contributed by atoms with E-state index in [2.05, 4.69) is 27.1 Å². The largest absolute Gasteiger partial charge is 0.497 e. The molecule has 1 aromatic carbocycles. The van der Waals surface area contributed by atoms with Crippen LogP contribution in [0.4, 0.5) is 0 Å². The number of rotatable bonds is 9. The first-order valence-electron chi connectivity index (χ1n) is 9.06. The molecule has 0 spiro atoms. The molecule has 0 saturated heterocycles. The summed E-state index contributed by atoms with van der Waals surface area (Å²) < 4.78 is 5.18. The second kappa shape index (κ2) is 13.7. The molecule has 0 saturated carbocycles. The Morgan fingerprint density at radius 3 is 2.52 bits per heavy atom. The Labute approximate surface area is 198 Å². The summed E-state index contributed by atoms with van der Waals surface area (Å²) in [5.41, 5.74) is 1.03. The number of hydrogen-bond donors (Lipinski definition) is 2. The Balaban J connectivity index is 0.00000420. The molecule has 0 unspecified atom stereocenters. The maximum atomic E-state index is 11.8. The van der Waals surface area contributed by atoms with Crippen molar-refractivity contribution in [3.8, 4) is 5.75 Å². The zero-order valence-electron chi connectivity index (χ0n) is 16.9. The number of carbonyl (C=O) groups is 1. The van der Waals surface area contributed by atoms with E-state index in [1.807, 2.05) is 18.2 Å². The van der Waals surface area contributed by atoms with Gasteiger partial charge in [-0.2, -0.15) is 0 Å². The fourth-order valence-electron chi connectivity index (χ4n) is 2.39. The summed E-state index contributed by atoms with van der Waals surface area (Å²) in [4.78, 5) is 19.1. The quantitative estimate of drug-likeness (QED) is 0.285. The van der Waals surface area contributed by atoms with Gasteiger partial charge in [0.15, 0.2) is 5.96 Å². The summed E-state index contributed by atoms with van der Waals surface area (Å²) in [7, 11) is 5.06. The highest BCUT2D eigenvalue weighted by Crippen LogP contribution is 2.22. The van der Waals surface area contributed by atoms with Crippen LogP contribution in [0.2, 0.25) is 5.02 Å². The molecule has 2 rings (SSSR count). The molecule has 29 heavy (non-hydrogen) atoms. The number of ether oxygens (including phenoxy) is 1. The van der Waals surface area contributed by atoms with Crippen LogP contribution in [0.25, 0.3) is 0 Å². The summed E-state index contributed by atoms with van der Waals surface area (Å²) in [5.74, 6) is 1.32. The normalized spacial score (nSPS) is 10.8. The van der Waals surface area contributed by atoms with E-state index in [0.29, 0.717) is 17.5 Å². The summed E-state index contributed by atoms with van der Waals surface area (Å²) in [5, 5.41) is 9.31. The summed E-state index contributed by atoms with van der Waals surface area (Å²) in [6.45, 7) is 1.49. The molecule has 1 amide bonds. The van der Waals surface area contributed by atoms with Crippen molar-refractivity contribution in [1.82, 2.24) is 15.5 Å². The molecule has 9 heteroatoms. The second-order valence-electron chi connectivity index (χ2n) is 6.34. The van der Waals surface area contributed by atoms with Crippen molar-refractivity contribution in [3.63, 3.8) is 0 Å². The standard InChI is InChI=1S/C20H27ClN4O2S.HI/c1-25(2)19(26)14-24-20(23-11-9-17-5-4-12-28-17)22-10-8-15-6-7-16(27-3)13-18(15)21;/h4-7,12-13H,8-11,14H2,1-3H3,(H2,22,23,24);1H. The highest BCUT2D eigenvalue weighted by atomic mass is 127.